The Morgan fingerprint density at radius 2 is 1.72 bits per heavy atom. The lowest BCUT2D eigenvalue weighted by Gasteiger charge is -2.37. The Hall–Kier alpha value is -4.39. The molecule has 2 saturated heterocycles. The predicted octanol–water partition coefficient (Wildman–Crippen LogP) is 6.58. The molecule has 13 heteroatoms. The van der Waals surface area contributed by atoms with E-state index in [-0.39, 0.29) is 47.6 Å². The molecule has 1 saturated carbocycles. The number of carboxylic acids is 1. The molecule has 0 spiro atoms. The smallest absolute Gasteiger partial charge is 0.478 e. The molecule has 1 aliphatic carbocycles. The number of halogens is 3. The van der Waals surface area contributed by atoms with Gasteiger partial charge in [-0.2, -0.15) is 0 Å². The third kappa shape index (κ3) is 5.56. The van der Waals surface area contributed by atoms with Gasteiger partial charge in [0.05, 0.1) is 18.3 Å². The van der Waals surface area contributed by atoms with Crippen molar-refractivity contribution < 1.29 is 41.5 Å². The largest absolute Gasteiger partial charge is 0.573 e. The van der Waals surface area contributed by atoms with Gasteiger partial charge in [-0.1, -0.05) is 22.4 Å². The van der Waals surface area contributed by atoms with Crippen molar-refractivity contribution in [1.82, 2.24) is 15.4 Å². The molecule has 0 amide bonds. The van der Waals surface area contributed by atoms with Crippen LogP contribution in [0.4, 0.5) is 19.2 Å². The SMILES string of the molecule is O=C(O)c1ccc(-c2nnc(N3C4CCC3CC(OCc3c(-c5ccccc5OC(F)(F)F)noc3C3CC3)C4)o2)cc1. The molecular weight excluding hydrogens is 569 g/mol. The molecule has 4 aromatic rings. The van der Waals surface area contributed by atoms with E-state index >= 15 is 0 Å². The zero-order chi connectivity index (χ0) is 29.7. The van der Waals surface area contributed by atoms with Crippen LogP contribution in [0.2, 0.25) is 0 Å². The molecule has 43 heavy (non-hydrogen) atoms. The number of carbonyl (C=O) groups is 1. The zero-order valence-corrected chi connectivity index (χ0v) is 22.8. The highest BCUT2D eigenvalue weighted by atomic mass is 19.4. The highest BCUT2D eigenvalue weighted by Gasteiger charge is 2.44. The summed E-state index contributed by atoms with van der Waals surface area (Å²) in [4.78, 5) is 13.3. The lowest BCUT2D eigenvalue weighted by molar-refractivity contribution is -0.274. The summed E-state index contributed by atoms with van der Waals surface area (Å²) in [6.07, 6.45) is 0.238. The van der Waals surface area contributed by atoms with Gasteiger partial charge in [-0.05, 0) is 74.9 Å². The first-order valence-corrected chi connectivity index (χ1v) is 14.1. The Morgan fingerprint density at radius 1 is 1.00 bits per heavy atom. The quantitative estimate of drug-likeness (QED) is 0.227. The summed E-state index contributed by atoms with van der Waals surface area (Å²) in [7, 11) is 0. The van der Waals surface area contributed by atoms with Crippen LogP contribution in [0.3, 0.4) is 0 Å². The maximum atomic E-state index is 13.1. The van der Waals surface area contributed by atoms with Crippen LogP contribution < -0.4 is 9.64 Å². The van der Waals surface area contributed by atoms with Crippen LogP contribution in [0, 0.1) is 0 Å². The molecule has 2 atom stereocenters. The van der Waals surface area contributed by atoms with Crippen molar-refractivity contribution in [2.45, 2.75) is 75.6 Å². The molecule has 4 heterocycles. The van der Waals surface area contributed by atoms with Crippen molar-refractivity contribution in [2.24, 2.45) is 0 Å². The van der Waals surface area contributed by atoms with Gasteiger partial charge in [-0.25, -0.2) is 4.79 Å². The van der Waals surface area contributed by atoms with Crippen molar-refractivity contribution in [2.75, 3.05) is 4.90 Å². The minimum absolute atomic E-state index is 0.0869. The predicted molar refractivity (Wildman–Crippen MR) is 144 cm³/mol. The molecule has 3 fully saturated rings. The highest BCUT2D eigenvalue weighted by Crippen LogP contribution is 2.46. The van der Waals surface area contributed by atoms with E-state index < -0.39 is 12.3 Å². The summed E-state index contributed by atoms with van der Waals surface area (Å²) in [5.74, 6) is -0.196. The molecule has 1 N–H and O–H groups in total. The van der Waals surface area contributed by atoms with E-state index in [9.17, 15) is 18.0 Å². The highest BCUT2D eigenvalue weighted by molar-refractivity contribution is 5.88. The Morgan fingerprint density at radius 3 is 2.40 bits per heavy atom. The van der Waals surface area contributed by atoms with E-state index in [1.807, 2.05) is 0 Å². The number of piperidine rings is 1. The summed E-state index contributed by atoms with van der Waals surface area (Å²) in [5, 5.41) is 21.8. The topological polar surface area (TPSA) is 124 Å². The fraction of sp³-hybridized carbons (Fsp3) is 0.400. The zero-order valence-electron chi connectivity index (χ0n) is 22.8. The van der Waals surface area contributed by atoms with Gasteiger partial charge < -0.3 is 28.4 Å². The molecule has 10 nitrogen and oxygen atoms in total. The monoisotopic (exact) mass is 596 g/mol. The summed E-state index contributed by atoms with van der Waals surface area (Å²) in [6, 6.07) is 12.8. The molecule has 7 rings (SSSR count). The summed E-state index contributed by atoms with van der Waals surface area (Å²) >= 11 is 0. The van der Waals surface area contributed by atoms with Gasteiger partial charge in [-0.3, -0.25) is 0 Å². The fourth-order valence-electron chi connectivity index (χ4n) is 6.18. The Balaban J connectivity index is 1.06. The summed E-state index contributed by atoms with van der Waals surface area (Å²) < 4.78 is 61.7. The second-order valence-corrected chi connectivity index (χ2v) is 11.2. The minimum Gasteiger partial charge on any atom is -0.478 e. The lowest BCUT2D eigenvalue weighted by atomic mass is 9.99. The van der Waals surface area contributed by atoms with E-state index in [2.05, 4.69) is 25.0 Å². The number of aromatic carboxylic acids is 1. The Labute approximate surface area is 243 Å². The van der Waals surface area contributed by atoms with Gasteiger partial charge in [0, 0.05) is 34.7 Å². The van der Waals surface area contributed by atoms with Gasteiger partial charge in [0.25, 0.3) is 0 Å². The van der Waals surface area contributed by atoms with E-state index in [4.69, 9.17) is 18.8 Å². The molecule has 2 bridgehead atoms. The molecule has 2 aromatic heterocycles. The standard InChI is InChI=1S/C30H27F3N4O6/c31-30(32,33)42-24-4-2-1-3-22(24)25-23(26(43-36-25)16-5-6-16)15-40-21-13-19-11-12-20(14-21)37(19)29-35-34-27(41-29)17-7-9-18(10-8-17)28(38)39/h1-4,7-10,16,19-21H,5-6,11-15H2,(H,38,39). The molecule has 2 unspecified atom stereocenters. The van der Waals surface area contributed by atoms with Crippen LogP contribution in [0.15, 0.2) is 57.5 Å². The number of para-hydroxylation sites is 1. The second-order valence-electron chi connectivity index (χ2n) is 11.2. The van der Waals surface area contributed by atoms with Crippen LogP contribution in [-0.4, -0.2) is 51.0 Å². The van der Waals surface area contributed by atoms with Crippen LogP contribution in [0.25, 0.3) is 22.7 Å². The first-order chi connectivity index (χ1) is 20.7. The van der Waals surface area contributed by atoms with E-state index in [0.29, 0.717) is 47.3 Å². The van der Waals surface area contributed by atoms with Gasteiger partial charge in [-0.15, -0.1) is 18.3 Å². The number of rotatable bonds is 9. The third-order valence-corrected chi connectivity index (χ3v) is 8.30. The normalized spacial score (nSPS) is 21.7. The van der Waals surface area contributed by atoms with E-state index in [0.717, 1.165) is 25.7 Å². The first-order valence-electron chi connectivity index (χ1n) is 14.1. The van der Waals surface area contributed by atoms with Crippen molar-refractivity contribution in [3.8, 4) is 28.5 Å². The average Bonchev–Trinajstić information content (AvgIpc) is 3.44. The molecule has 0 radical (unpaired) electrons. The molecule has 2 aliphatic heterocycles. The third-order valence-electron chi connectivity index (χ3n) is 8.30. The van der Waals surface area contributed by atoms with Gasteiger partial charge in [0.2, 0.25) is 5.89 Å². The fourth-order valence-corrected chi connectivity index (χ4v) is 6.18. The second kappa shape index (κ2) is 10.7. The molecule has 3 aliphatic rings. The van der Waals surface area contributed by atoms with Crippen LogP contribution in [0.1, 0.15) is 66.1 Å². The van der Waals surface area contributed by atoms with Gasteiger partial charge >= 0.3 is 18.3 Å². The molecule has 224 valence electrons. The van der Waals surface area contributed by atoms with Crippen molar-refractivity contribution in [3.63, 3.8) is 0 Å². The number of fused-ring (bicyclic) bond motifs is 2. The van der Waals surface area contributed by atoms with Crippen LogP contribution in [-0.2, 0) is 11.3 Å². The first kappa shape index (κ1) is 27.4. The lowest BCUT2D eigenvalue weighted by Crippen LogP contribution is -2.45. The Kier molecular flexibility index (Phi) is 6.83. The number of ether oxygens (including phenoxy) is 2. The van der Waals surface area contributed by atoms with Crippen molar-refractivity contribution in [1.29, 1.82) is 0 Å². The van der Waals surface area contributed by atoms with E-state index in [1.54, 1.807) is 18.2 Å². The number of nitrogens with zero attached hydrogens (tertiary/aromatic N) is 4. The number of aromatic nitrogens is 3. The van der Waals surface area contributed by atoms with Crippen molar-refractivity contribution in [3.05, 3.63) is 65.4 Å². The molecular formula is C30H27F3N4O6. The number of hydrogen-bond donors (Lipinski definition) is 1. The maximum absolute atomic E-state index is 13.1. The van der Waals surface area contributed by atoms with Gasteiger partial charge in [0.1, 0.15) is 17.2 Å². The number of carboxylic acid groups (broad SMARTS) is 1. The Bertz CT molecular complexity index is 1620. The number of anilines is 1. The van der Waals surface area contributed by atoms with E-state index in [1.165, 1.54) is 30.3 Å². The minimum atomic E-state index is -4.84. The van der Waals surface area contributed by atoms with Gasteiger partial charge in [0.15, 0.2) is 0 Å². The summed E-state index contributed by atoms with van der Waals surface area (Å²) in [6.45, 7) is 0.159. The van der Waals surface area contributed by atoms with Crippen LogP contribution in [0.5, 0.6) is 5.75 Å². The van der Waals surface area contributed by atoms with Crippen molar-refractivity contribution >= 4 is 12.0 Å². The average molecular weight is 597 g/mol. The number of benzene rings is 2. The number of alkyl halides is 3. The maximum Gasteiger partial charge on any atom is 0.573 e. The molecule has 2 aromatic carbocycles. The van der Waals surface area contributed by atoms with Crippen LogP contribution >= 0.6 is 0 Å². The number of hydrogen-bond acceptors (Lipinski definition) is 9. The summed E-state index contributed by atoms with van der Waals surface area (Å²) in [5.41, 5.74) is 1.97.